The van der Waals surface area contributed by atoms with Gasteiger partial charge in [0.25, 0.3) is 0 Å². The zero-order valence-electron chi connectivity index (χ0n) is 10.0. The SMILES string of the molecule is COC(C)CNCc1ccn(C(C)C)n1. The molecule has 86 valence electrons. The third-order valence-electron chi connectivity index (χ3n) is 2.33. The summed E-state index contributed by atoms with van der Waals surface area (Å²) in [4.78, 5) is 0. The summed E-state index contributed by atoms with van der Waals surface area (Å²) >= 11 is 0. The van der Waals surface area contributed by atoms with Crippen molar-refractivity contribution in [3.63, 3.8) is 0 Å². The Morgan fingerprint density at radius 3 is 2.73 bits per heavy atom. The topological polar surface area (TPSA) is 39.1 Å². The van der Waals surface area contributed by atoms with Gasteiger partial charge in [0.05, 0.1) is 11.8 Å². The fraction of sp³-hybridized carbons (Fsp3) is 0.727. The van der Waals surface area contributed by atoms with Crippen molar-refractivity contribution >= 4 is 0 Å². The maximum atomic E-state index is 5.14. The van der Waals surface area contributed by atoms with E-state index in [1.165, 1.54) is 0 Å². The van der Waals surface area contributed by atoms with Crippen LogP contribution in [0, 0.1) is 0 Å². The van der Waals surface area contributed by atoms with Gasteiger partial charge in [0, 0.05) is 32.4 Å². The first-order chi connectivity index (χ1) is 7.13. The van der Waals surface area contributed by atoms with Crippen LogP contribution < -0.4 is 5.32 Å². The summed E-state index contributed by atoms with van der Waals surface area (Å²) in [5.41, 5.74) is 1.08. The predicted octanol–water partition coefficient (Wildman–Crippen LogP) is 1.59. The van der Waals surface area contributed by atoms with E-state index in [1.54, 1.807) is 7.11 Å². The molecule has 0 bridgehead atoms. The lowest BCUT2D eigenvalue weighted by atomic mass is 10.4. The molecule has 4 nitrogen and oxygen atoms in total. The average molecular weight is 211 g/mol. The first-order valence-corrected chi connectivity index (χ1v) is 5.41. The van der Waals surface area contributed by atoms with Crippen LogP contribution in [0.3, 0.4) is 0 Å². The van der Waals surface area contributed by atoms with Crippen LogP contribution in [0.1, 0.15) is 32.5 Å². The average Bonchev–Trinajstić information content (AvgIpc) is 2.66. The van der Waals surface area contributed by atoms with E-state index in [1.807, 2.05) is 23.9 Å². The number of nitrogens with zero attached hydrogens (tertiary/aromatic N) is 2. The molecule has 1 aromatic heterocycles. The lowest BCUT2D eigenvalue weighted by Gasteiger charge is -2.09. The molecule has 1 heterocycles. The minimum Gasteiger partial charge on any atom is -0.380 e. The maximum Gasteiger partial charge on any atom is 0.0762 e. The third-order valence-corrected chi connectivity index (χ3v) is 2.33. The van der Waals surface area contributed by atoms with Crippen molar-refractivity contribution in [1.82, 2.24) is 15.1 Å². The molecule has 1 atom stereocenters. The highest BCUT2D eigenvalue weighted by atomic mass is 16.5. The van der Waals surface area contributed by atoms with E-state index in [0.717, 1.165) is 18.8 Å². The molecule has 0 aliphatic heterocycles. The Morgan fingerprint density at radius 1 is 1.47 bits per heavy atom. The fourth-order valence-electron chi connectivity index (χ4n) is 1.25. The van der Waals surface area contributed by atoms with Crippen LogP contribution in [0.5, 0.6) is 0 Å². The molecule has 1 unspecified atom stereocenters. The predicted molar refractivity (Wildman–Crippen MR) is 60.8 cm³/mol. The summed E-state index contributed by atoms with van der Waals surface area (Å²) in [6, 6.07) is 2.47. The second kappa shape index (κ2) is 5.88. The van der Waals surface area contributed by atoms with Gasteiger partial charge >= 0.3 is 0 Å². The summed E-state index contributed by atoms with van der Waals surface area (Å²) < 4.78 is 7.11. The van der Waals surface area contributed by atoms with Gasteiger partial charge in [-0.15, -0.1) is 0 Å². The van der Waals surface area contributed by atoms with Crippen molar-refractivity contribution in [3.05, 3.63) is 18.0 Å². The zero-order valence-corrected chi connectivity index (χ0v) is 10.0. The van der Waals surface area contributed by atoms with Crippen molar-refractivity contribution < 1.29 is 4.74 Å². The lowest BCUT2D eigenvalue weighted by Crippen LogP contribution is -2.25. The van der Waals surface area contributed by atoms with Crippen molar-refractivity contribution in [2.45, 2.75) is 39.5 Å². The van der Waals surface area contributed by atoms with Gasteiger partial charge in [-0.3, -0.25) is 4.68 Å². The van der Waals surface area contributed by atoms with Gasteiger partial charge in [-0.1, -0.05) is 0 Å². The van der Waals surface area contributed by atoms with Gasteiger partial charge in [0.2, 0.25) is 0 Å². The van der Waals surface area contributed by atoms with Crippen molar-refractivity contribution in [2.24, 2.45) is 0 Å². The highest BCUT2D eigenvalue weighted by molar-refractivity contribution is 4.99. The quantitative estimate of drug-likeness (QED) is 0.776. The van der Waals surface area contributed by atoms with Gasteiger partial charge in [0.15, 0.2) is 0 Å². The van der Waals surface area contributed by atoms with Crippen LogP contribution in [0.2, 0.25) is 0 Å². The Hall–Kier alpha value is -0.870. The van der Waals surface area contributed by atoms with Gasteiger partial charge in [0.1, 0.15) is 0 Å². The molecule has 4 heteroatoms. The summed E-state index contributed by atoms with van der Waals surface area (Å²) in [5, 5.41) is 7.75. The Balaban J connectivity index is 2.31. The van der Waals surface area contributed by atoms with E-state index in [4.69, 9.17) is 4.74 Å². The number of nitrogens with one attached hydrogen (secondary N) is 1. The van der Waals surface area contributed by atoms with Crippen LogP contribution in [-0.4, -0.2) is 29.5 Å². The van der Waals surface area contributed by atoms with Gasteiger partial charge in [-0.2, -0.15) is 5.10 Å². The van der Waals surface area contributed by atoms with Crippen molar-refractivity contribution in [2.75, 3.05) is 13.7 Å². The van der Waals surface area contributed by atoms with Gasteiger partial charge in [-0.25, -0.2) is 0 Å². The molecule has 1 rings (SSSR count). The molecule has 0 fully saturated rings. The fourth-order valence-corrected chi connectivity index (χ4v) is 1.25. The normalized spacial score (nSPS) is 13.4. The molecule has 0 saturated carbocycles. The largest absolute Gasteiger partial charge is 0.380 e. The molecule has 0 aliphatic rings. The molecule has 0 amide bonds. The molecule has 1 aromatic rings. The van der Waals surface area contributed by atoms with E-state index < -0.39 is 0 Å². The van der Waals surface area contributed by atoms with Crippen LogP contribution in [0.4, 0.5) is 0 Å². The van der Waals surface area contributed by atoms with Gasteiger partial charge in [-0.05, 0) is 26.8 Å². The van der Waals surface area contributed by atoms with E-state index in [9.17, 15) is 0 Å². The molecule has 0 radical (unpaired) electrons. The standard InChI is InChI=1S/C11H21N3O/c1-9(2)14-6-5-11(13-14)8-12-7-10(3)15-4/h5-6,9-10,12H,7-8H2,1-4H3. The first-order valence-electron chi connectivity index (χ1n) is 5.41. The molecular weight excluding hydrogens is 190 g/mol. The van der Waals surface area contributed by atoms with Crippen LogP contribution in [0.25, 0.3) is 0 Å². The number of methoxy groups -OCH3 is 1. The van der Waals surface area contributed by atoms with Gasteiger partial charge < -0.3 is 10.1 Å². The second-order valence-electron chi connectivity index (χ2n) is 4.06. The smallest absolute Gasteiger partial charge is 0.0762 e. The minimum absolute atomic E-state index is 0.247. The maximum absolute atomic E-state index is 5.14. The van der Waals surface area contributed by atoms with Crippen LogP contribution >= 0.6 is 0 Å². The summed E-state index contributed by atoms with van der Waals surface area (Å²) in [6.45, 7) is 7.94. The summed E-state index contributed by atoms with van der Waals surface area (Å²) in [7, 11) is 1.72. The van der Waals surface area contributed by atoms with E-state index >= 15 is 0 Å². The molecule has 1 N–H and O–H groups in total. The highest BCUT2D eigenvalue weighted by Crippen LogP contribution is 2.03. The number of ether oxygens (including phenoxy) is 1. The molecule has 0 aromatic carbocycles. The number of aromatic nitrogens is 2. The number of hydrogen-bond acceptors (Lipinski definition) is 3. The Morgan fingerprint density at radius 2 is 2.20 bits per heavy atom. The summed E-state index contributed by atoms with van der Waals surface area (Å²) in [6.07, 6.45) is 2.26. The van der Waals surface area contributed by atoms with Crippen LogP contribution in [-0.2, 0) is 11.3 Å². The van der Waals surface area contributed by atoms with E-state index in [0.29, 0.717) is 6.04 Å². The molecule has 0 saturated heterocycles. The number of rotatable bonds is 6. The Bertz CT molecular complexity index is 283. The third kappa shape index (κ3) is 4.01. The molecule has 0 aliphatic carbocycles. The van der Waals surface area contributed by atoms with Crippen molar-refractivity contribution in [3.8, 4) is 0 Å². The molecule has 15 heavy (non-hydrogen) atoms. The first kappa shape index (κ1) is 12.2. The Kier molecular flexibility index (Phi) is 4.78. The number of hydrogen-bond donors (Lipinski definition) is 1. The zero-order chi connectivity index (χ0) is 11.3. The second-order valence-corrected chi connectivity index (χ2v) is 4.06. The minimum atomic E-state index is 0.247. The Labute approximate surface area is 91.6 Å². The highest BCUT2D eigenvalue weighted by Gasteiger charge is 2.02. The van der Waals surface area contributed by atoms with Crippen LogP contribution in [0.15, 0.2) is 12.3 Å². The van der Waals surface area contributed by atoms with E-state index in [2.05, 4.69) is 24.3 Å². The molecule has 0 spiro atoms. The lowest BCUT2D eigenvalue weighted by molar-refractivity contribution is 0.117. The van der Waals surface area contributed by atoms with Crippen molar-refractivity contribution in [1.29, 1.82) is 0 Å². The molecular formula is C11H21N3O. The van der Waals surface area contributed by atoms with E-state index in [-0.39, 0.29) is 6.10 Å². The summed E-state index contributed by atoms with van der Waals surface area (Å²) in [5.74, 6) is 0. The monoisotopic (exact) mass is 211 g/mol.